The van der Waals surface area contributed by atoms with Crippen LogP contribution >= 0.6 is 0 Å². The minimum atomic E-state index is -0.127. The van der Waals surface area contributed by atoms with Gasteiger partial charge in [-0.05, 0) is 45.7 Å². The van der Waals surface area contributed by atoms with E-state index in [1.807, 2.05) is 6.92 Å². The molecule has 1 aliphatic rings. The zero-order valence-corrected chi connectivity index (χ0v) is 12.5. The molecule has 1 fully saturated rings. The number of carbonyl (C=O) groups is 1. The van der Waals surface area contributed by atoms with E-state index in [2.05, 4.69) is 29.0 Å². The number of hydrogen-bond donors (Lipinski definition) is 2. The third kappa shape index (κ3) is 3.48. The maximum atomic E-state index is 12.1. The Balaban J connectivity index is 1.87. The summed E-state index contributed by atoms with van der Waals surface area (Å²) in [5.74, 6) is 0.402. The van der Waals surface area contributed by atoms with E-state index >= 15 is 0 Å². The molecular formula is C15H24N4O. The van der Waals surface area contributed by atoms with E-state index in [4.69, 9.17) is 5.73 Å². The third-order valence-electron chi connectivity index (χ3n) is 3.92. The molecule has 2 rings (SSSR count). The number of rotatable bonds is 4. The molecule has 5 nitrogen and oxygen atoms in total. The van der Waals surface area contributed by atoms with Crippen LogP contribution in [0.3, 0.4) is 0 Å². The third-order valence-corrected chi connectivity index (χ3v) is 3.92. The molecular weight excluding hydrogens is 252 g/mol. The number of nitrogens with zero attached hydrogens (tertiary/aromatic N) is 2. The second kappa shape index (κ2) is 6.22. The van der Waals surface area contributed by atoms with Crippen molar-refractivity contribution in [2.45, 2.75) is 33.2 Å². The van der Waals surface area contributed by atoms with Gasteiger partial charge in [0, 0.05) is 36.7 Å². The maximum Gasteiger partial charge on any atom is 0.254 e. The predicted molar refractivity (Wildman–Crippen MR) is 80.5 cm³/mol. The summed E-state index contributed by atoms with van der Waals surface area (Å²) < 4.78 is 0. The van der Waals surface area contributed by atoms with E-state index in [0.717, 1.165) is 25.2 Å². The van der Waals surface area contributed by atoms with E-state index in [-0.39, 0.29) is 5.91 Å². The average molecular weight is 276 g/mol. The number of carbonyl (C=O) groups excluding carboxylic acids is 1. The fraction of sp³-hybridized carbons (Fsp3) is 0.600. The van der Waals surface area contributed by atoms with Crippen LogP contribution in [0.1, 0.15) is 36.3 Å². The van der Waals surface area contributed by atoms with Gasteiger partial charge >= 0.3 is 0 Å². The van der Waals surface area contributed by atoms with Crippen LogP contribution in [0.2, 0.25) is 0 Å². The first-order valence-electron chi connectivity index (χ1n) is 7.21. The zero-order valence-electron chi connectivity index (χ0n) is 12.5. The molecule has 20 heavy (non-hydrogen) atoms. The molecule has 1 unspecified atom stereocenters. The number of nitrogens with one attached hydrogen (secondary N) is 1. The molecule has 110 valence electrons. The Morgan fingerprint density at radius 3 is 2.95 bits per heavy atom. The number of anilines is 1. The number of nitrogen functional groups attached to an aromatic ring is 1. The molecule has 1 amide bonds. The quantitative estimate of drug-likeness (QED) is 0.873. The second-order valence-electron chi connectivity index (χ2n) is 5.87. The van der Waals surface area contributed by atoms with Crippen LogP contribution in [0.15, 0.2) is 12.3 Å². The fourth-order valence-corrected chi connectivity index (χ4v) is 2.60. The summed E-state index contributed by atoms with van der Waals surface area (Å²) in [5.41, 5.74) is 7.64. The van der Waals surface area contributed by atoms with Crippen LogP contribution in [0.25, 0.3) is 0 Å². The summed E-state index contributed by atoms with van der Waals surface area (Å²) in [6.07, 6.45) is 2.69. The number of amides is 1. The van der Waals surface area contributed by atoms with Crippen molar-refractivity contribution in [3.8, 4) is 0 Å². The van der Waals surface area contributed by atoms with Crippen LogP contribution in [-0.2, 0) is 0 Å². The highest BCUT2D eigenvalue weighted by Crippen LogP contribution is 2.18. The molecule has 1 saturated heterocycles. The van der Waals surface area contributed by atoms with E-state index < -0.39 is 0 Å². The van der Waals surface area contributed by atoms with Gasteiger partial charge in [-0.1, -0.05) is 0 Å². The molecule has 0 aromatic carbocycles. The van der Waals surface area contributed by atoms with Crippen molar-refractivity contribution >= 4 is 11.6 Å². The topological polar surface area (TPSA) is 71.2 Å². The largest absolute Gasteiger partial charge is 0.398 e. The minimum absolute atomic E-state index is 0.127. The molecule has 0 radical (unpaired) electrons. The predicted octanol–water partition coefficient (Wildman–Crippen LogP) is 1.43. The van der Waals surface area contributed by atoms with Crippen LogP contribution in [0.5, 0.6) is 0 Å². The Kier molecular flexibility index (Phi) is 4.60. The molecule has 1 atom stereocenters. The van der Waals surface area contributed by atoms with Crippen molar-refractivity contribution in [3.05, 3.63) is 23.5 Å². The minimum Gasteiger partial charge on any atom is -0.398 e. The number of pyridine rings is 1. The molecule has 1 aromatic rings. The molecule has 3 N–H and O–H groups in total. The van der Waals surface area contributed by atoms with Gasteiger partial charge in [0.15, 0.2) is 0 Å². The fourth-order valence-electron chi connectivity index (χ4n) is 2.60. The maximum absolute atomic E-state index is 12.1. The Morgan fingerprint density at radius 1 is 1.60 bits per heavy atom. The van der Waals surface area contributed by atoms with Crippen molar-refractivity contribution in [3.63, 3.8) is 0 Å². The number of aryl methyl sites for hydroxylation is 1. The summed E-state index contributed by atoms with van der Waals surface area (Å²) in [5, 5.41) is 2.98. The first-order chi connectivity index (χ1) is 9.47. The standard InChI is InChI=1S/C15H24N4O/c1-10(2)19-5-4-12(9-19)7-18-15(20)13-8-17-11(3)6-14(13)16/h6,8,10,12H,4-5,7,9H2,1-3H3,(H2,16,17)(H,18,20). The van der Waals surface area contributed by atoms with Gasteiger partial charge < -0.3 is 16.0 Å². The molecule has 2 heterocycles. The second-order valence-corrected chi connectivity index (χ2v) is 5.87. The van der Waals surface area contributed by atoms with Gasteiger partial charge in [-0.15, -0.1) is 0 Å². The van der Waals surface area contributed by atoms with Gasteiger partial charge in [0.05, 0.1) is 5.56 Å². The highest BCUT2D eigenvalue weighted by Gasteiger charge is 2.24. The van der Waals surface area contributed by atoms with Gasteiger partial charge in [0.2, 0.25) is 0 Å². The first-order valence-corrected chi connectivity index (χ1v) is 7.21. The summed E-state index contributed by atoms with van der Waals surface area (Å²) in [6.45, 7) is 9.15. The van der Waals surface area contributed by atoms with Crippen molar-refractivity contribution < 1.29 is 4.79 Å². The van der Waals surface area contributed by atoms with Crippen LogP contribution in [0, 0.1) is 12.8 Å². The van der Waals surface area contributed by atoms with E-state index in [1.165, 1.54) is 0 Å². The smallest absolute Gasteiger partial charge is 0.254 e. The van der Waals surface area contributed by atoms with E-state index in [9.17, 15) is 4.79 Å². The number of nitrogens with two attached hydrogens (primary N) is 1. The highest BCUT2D eigenvalue weighted by molar-refractivity contribution is 5.98. The molecule has 1 aromatic heterocycles. The Morgan fingerprint density at radius 2 is 2.35 bits per heavy atom. The van der Waals surface area contributed by atoms with Gasteiger partial charge in [0.1, 0.15) is 0 Å². The Bertz CT molecular complexity index is 487. The average Bonchev–Trinajstić information content (AvgIpc) is 2.85. The summed E-state index contributed by atoms with van der Waals surface area (Å²) >= 11 is 0. The van der Waals surface area contributed by atoms with Gasteiger partial charge in [-0.3, -0.25) is 9.78 Å². The number of hydrogen-bond acceptors (Lipinski definition) is 4. The van der Waals surface area contributed by atoms with Crippen molar-refractivity contribution in [2.24, 2.45) is 5.92 Å². The van der Waals surface area contributed by atoms with E-state index in [0.29, 0.717) is 29.8 Å². The van der Waals surface area contributed by atoms with Crippen LogP contribution in [0.4, 0.5) is 5.69 Å². The lowest BCUT2D eigenvalue weighted by molar-refractivity contribution is 0.0947. The lowest BCUT2D eigenvalue weighted by Crippen LogP contribution is -2.33. The molecule has 5 heteroatoms. The van der Waals surface area contributed by atoms with Gasteiger partial charge in [-0.2, -0.15) is 0 Å². The SMILES string of the molecule is Cc1cc(N)c(C(=O)NCC2CCN(C(C)C)C2)cn1. The van der Waals surface area contributed by atoms with Gasteiger partial charge in [0.25, 0.3) is 5.91 Å². The Labute approximate surface area is 120 Å². The Hall–Kier alpha value is -1.62. The monoisotopic (exact) mass is 276 g/mol. The number of likely N-dealkylation sites (tertiary alicyclic amines) is 1. The normalized spacial score (nSPS) is 19.5. The lowest BCUT2D eigenvalue weighted by atomic mass is 10.1. The lowest BCUT2D eigenvalue weighted by Gasteiger charge is -2.20. The molecule has 0 aliphatic carbocycles. The molecule has 0 spiro atoms. The van der Waals surface area contributed by atoms with Crippen LogP contribution in [-0.4, -0.2) is 41.5 Å². The summed E-state index contributed by atoms with van der Waals surface area (Å²) in [7, 11) is 0. The van der Waals surface area contributed by atoms with Crippen LogP contribution < -0.4 is 11.1 Å². The van der Waals surface area contributed by atoms with E-state index in [1.54, 1.807) is 12.3 Å². The summed E-state index contributed by atoms with van der Waals surface area (Å²) in [4.78, 5) is 18.7. The first kappa shape index (κ1) is 14.8. The zero-order chi connectivity index (χ0) is 14.7. The number of aromatic nitrogens is 1. The summed E-state index contributed by atoms with van der Waals surface area (Å²) in [6, 6.07) is 2.30. The van der Waals surface area contributed by atoms with Crippen molar-refractivity contribution in [2.75, 3.05) is 25.4 Å². The molecule has 1 aliphatic heterocycles. The highest BCUT2D eigenvalue weighted by atomic mass is 16.1. The molecule has 0 saturated carbocycles. The van der Waals surface area contributed by atoms with Crippen molar-refractivity contribution in [1.82, 2.24) is 15.2 Å². The van der Waals surface area contributed by atoms with Crippen molar-refractivity contribution in [1.29, 1.82) is 0 Å². The van der Waals surface area contributed by atoms with Gasteiger partial charge in [-0.25, -0.2) is 0 Å². The molecule has 0 bridgehead atoms.